The fourth-order valence-electron chi connectivity index (χ4n) is 3.99. The van der Waals surface area contributed by atoms with Crippen LogP contribution in [0.2, 0.25) is 0 Å². The van der Waals surface area contributed by atoms with Crippen molar-refractivity contribution in [1.82, 2.24) is 25.3 Å². The fraction of sp³-hybridized carbons (Fsp3) is 0.360. The van der Waals surface area contributed by atoms with Crippen molar-refractivity contribution in [3.63, 3.8) is 0 Å². The lowest BCUT2D eigenvalue weighted by atomic mass is 9.70. The molecule has 1 aliphatic rings. The van der Waals surface area contributed by atoms with Crippen LogP contribution in [0.5, 0.6) is 0 Å². The molecule has 204 valence electrons. The third kappa shape index (κ3) is 6.52. The highest BCUT2D eigenvalue weighted by atomic mass is 16.4. The lowest BCUT2D eigenvalue weighted by Crippen LogP contribution is -2.41. The van der Waals surface area contributed by atoms with E-state index in [2.05, 4.69) is 35.9 Å². The zero-order chi connectivity index (χ0) is 28.2. The number of hydrogen-bond acceptors (Lipinski definition) is 9. The number of aromatic amines is 1. The predicted molar refractivity (Wildman–Crippen MR) is 138 cm³/mol. The average molecular weight is 538 g/mol. The number of amides is 2. The highest BCUT2D eigenvalue weighted by Crippen LogP contribution is 2.40. The molecule has 0 spiro atoms. The second kappa shape index (κ2) is 11.2. The maximum absolute atomic E-state index is 12.6. The molecule has 1 aliphatic carbocycles. The van der Waals surface area contributed by atoms with Crippen molar-refractivity contribution in [3.8, 4) is 0 Å². The molecular weight excluding hydrogens is 510 g/mol. The number of nitrogens with one attached hydrogen (secondary N) is 4. The van der Waals surface area contributed by atoms with E-state index in [1.165, 1.54) is 18.3 Å². The summed E-state index contributed by atoms with van der Waals surface area (Å²) in [5, 5.41) is 26.0. The summed E-state index contributed by atoms with van der Waals surface area (Å²) in [5.74, 6) is -3.31. The molecule has 39 heavy (non-hydrogen) atoms. The van der Waals surface area contributed by atoms with Gasteiger partial charge in [0.2, 0.25) is 11.9 Å². The zero-order valence-electron chi connectivity index (χ0n) is 21.0. The molecule has 2 aromatic heterocycles. The molecule has 2 amide bonds. The van der Waals surface area contributed by atoms with E-state index >= 15 is 0 Å². The number of H-pyrrole nitrogens is 1. The Balaban J connectivity index is 1.37. The molecule has 0 saturated heterocycles. The third-order valence-corrected chi connectivity index (χ3v) is 6.58. The van der Waals surface area contributed by atoms with Crippen LogP contribution in [0.25, 0.3) is 11.2 Å². The average Bonchev–Trinajstić information content (AvgIpc) is 2.88. The number of aliphatic carboxylic acids is 2. The van der Waals surface area contributed by atoms with Crippen molar-refractivity contribution < 1.29 is 29.4 Å². The quantitative estimate of drug-likeness (QED) is 0.206. The van der Waals surface area contributed by atoms with Gasteiger partial charge in [-0.25, -0.2) is 14.8 Å². The minimum absolute atomic E-state index is 0.0186. The van der Waals surface area contributed by atoms with Crippen LogP contribution in [0.1, 0.15) is 55.1 Å². The van der Waals surface area contributed by atoms with Crippen LogP contribution in [-0.2, 0) is 20.9 Å². The second-order valence-corrected chi connectivity index (χ2v) is 9.54. The number of carboxylic acids is 2. The van der Waals surface area contributed by atoms with E-state index in [1.807, 2.05) is 6.92 Å². The van der Waals surface area contributed by atoms with Crippen molar-refractivity contribution in [2.45, 2.75) is 51.6 Å². The Labute approximate surface area is 221 Å². The molecule has 6 N–H and O–H groups in total. The number of carbonyl (C=O) groups excluding carboxylic acids is 2. The van der Waals surface area contributed by atoms with Crippen LogP contribution >= 0.6 is 0 Å². The molecular formula is C25H27N7O7. The molecule has 1 aromatic carbocycles. The summed E-state index contributed by atoms with van der Waals surface area (Å²) < 4.78 is 0. The maximum Gasteiger partial charge on any atom is 0.326 e. The van der Waals surface area contributed by atoms with Gasteiger partial charge in [-0.2, -0.15) is 4.98 Å². The third-order valence-electron chi connectivity index (χ3n) is 6.58. The molecule has 14 heteroatoms. The first-order valence-corrected chi connectivity index (χ1v) is 12.2. The Bertz CT molecular complexity index is 1480. The number of nitrogens with zero attached hydrogens (tertiary/aromatic N) is 3. The highest BCUT2D eigenvalue weighted by Gasteiger charge is 2.39. The van der Waals surface area contributed by atoms with Gasteiger partial charge in [0, 0.05) is 23.1 Å². The van der Waals surface area contributed by atoms with Gasteiger partial charge in [0.1, 0.15) is 6.04 Å². The first-order valence-electron chi connectivity index (χ1n) is 12.2. The number of fused-ring (bicyclic) bond motifs is 1. The van der Waals surface area contributed by atoms with Gasteiger partial charge in [-0.05, 0) is 43.5 Å². The minimum atomic E-state index is -1.33. The van der Waals surface area contributed by atoms with Gasteiger partial charge in [-0.1, -0.05) is 13.3 Å². The Hall–Kier alpha value is -4.88. The highest BCUT2D eigenvalue weighted by molar-refractivity contribution is 5.97. The number of benzene rings is 1. The van der Waals surface area contributed by atoms with Gasteiger partial charge in [-0.3, -0.25) is 29.5 Å². The Morgan fingerprint density at radius 3 is 2.44 bits per heavy atom. The van der Waals surface area contributed by atoms with Gasteiger partial charge in [0.25, 0.3) is 11.5 Å². The van der Waals surface area contributed by atoms with Gasteiger partial charge in [0.05, 0.1) is 18.4 Å². The standard InChI is InChI=1S/C25H27N7O7/c1-25(9-2-10-25)23(39)32-24-30-19-18(21(36)31-24)28-15(12-27-19)11-26-14-5-3-13(4-6-14)20(35)29-16(22(37)38)7-8-17(33)34/h3-6,12,16,26H,2,7-11H2,1H3,(H,29,35)(H,33,34)(H,37,38)(H2,27,30,31,32,36,39). The molecule has 4 rings (SSSR count). The lowest BCUT2D eigenvalue weighted by Gasteiger charge is -2.36. The van der Waals surface area contributed by atoms with Crippen molar-refractivity contribution in [3.05, 3.63) is 52.1 Å². The Morgan fingerprint density at radius 2 is 1.82 bits per heavy atom. The predicted octanol–water partition coefficient (Wildman–Crippen LogP) is 1.50. The summed E-state index contributed by atoms with van der Waals surface area (Å²) in [4.78, 5) is 74.6. The number of rotatable bonds is 11. The molecule has 1 saturated carbocycles. The van der Waals surface area contributed by atoms with E-state index in [4.69, 9.17) is 5.11 Å². The monoisotopic (exact) mass is 537 g/mol. The van der Waals surface area contributed by atoms with Crippen molar-refractivity contribution in [1.29, 1.82) is 0 Å². The van der Waals surface area contributed by atoms with Gasteiger partial charge in [-0.15, -0.1) is 0 Å². The van der Waals surface area contributed by atoms with E-state index in [-0.39, 0.29) is 41.5 Å². The van der Waals surface area contributed by atoms with Crippen LogP contribution in [0.3, 0.4) is 0 Å². The SMILES string of the molecule is CC1(C(=O)Nc2nc3ncc(CNc4ccc(C(=O)NC(CCC(=O)O)C(=O)O)cc4)nc3c(=O)[nH]2)CCC1. The number of hydrogen-bond donors (Lipinski definition) is 6. The van der Waals surface area contributed by atoms with E-state index in [0.29, 0.717) is 11.4 Å². The topological polar surface area (TPSA) is 216 Å². The Morgan fingerprint density at radius 1 is 1.10 bits per heavy atom. The molecule has 14 nitrogen and oxygen atoms in total. The Kier molecular flexibility index (Phi) is 7.83. The number of carboxylic acid groups (broad SMARTS) is 2. The first kappa shape index (κ1) is 27.2. The normalized spacial score (nSPS) is 14.6. The van der Waals surface area contributed by atoms with Crippen LogP contribution in [0.4, 0.5) is 11.6 Å². The first-order chi connectivity index (χ1) is 18.5. The molecule has 2 heterocycles. The fourth-order valence-corrected chi connectivity index (χ4v) is 3.99. The van der Waals surface area contributed by atoms with E-state index in [1.54, 1.807) is 12.1 Å². The summed E-state index contributed by atoms with van der Waals surface area (Å²) >= 11 is 0. The summed E-state index contributed by atoms with van der Waals surface area (Å²) in [6, 6.07) is 4.83. The van der Waals surface area contributed by atoms with Crippen LogP contribution in [0, 0.1) is 5.41 Å². The second-order valence-electron chi connectivity index (χ2n) is 9.54. The summed E-state index contributed by atoms with van der Waals surface area (Å²) in [6.45, 7) is 2.06. The number of anilines is 2. The van der Waals surface area contributed by atoms with Crippen LogP contribution < -0.4 is 21.5 Å². The lowest BCUT2D eigenvalue weighted by molar-refractivity contribution is -0.140. The molecule has 1 fully saturated rings. The van der Waals surface area contributed by atoms with Crippen molar-refractivity contribution >= 4 is 46.6 Å². The number of aromatic nitrogens is 4. The van der Waals surface area contributed by atoms with Gasteiger partial charge in [0.15, 0.2) is 11.2 Å². The molecule has 3 aromatic rings. The van der Waals surface area contributed by atoms with E-state index in [0.717, 1.165) is 19.3 Å². The summed E-state index contributed by atoms with van der Waals surface area (Å²) in [6.07, 6.45) is 3.36. The maximum atomic E-state index is 12.6. The molecule has 0 aliphatic heterocycles. The van der Waals surface area contributed by atoms with Crippen LogP contribution in [0.15, 0.2) is 35.3 Å². The summed E-state index contributed by atoms with van der Waals surface area (Å²) in [5.41, 5.74) is 0.364. The smallest absolute Gasteiger partial charge is 0.326 e. The summed E-state index contributed by atoms with van der Waals surface area (Å²) in [7, 11) is 0. The molecule has 1 atom stereocenters. The molecule has 0 radical (unpaired) electrons. The van der Waals surface area contributed by atoms with Gasteiger partial charge < -0.3 is 20.8 Å². The van der Waals surface area contributed by atoms with E-state index < -0.39 is 41.3 Å². The number of carbonyl (C=O) groups is 4. The zero-order valence-corrected chi connectivity index (χ0v) is 21.0. The molecule has 0 bridgehead atoms. The van der Waals surface area contributed by atoms with E-state index in [9.17, 15) is 29.1 Å². The largest absolute Gasteiger partial charge is 0.481 e. The minimum Gasteiger partial charge on any atom is -0.481 e. The molecule has 1 unspecified atom stereocenters. The van der Waals surface area contributed by atoms with Crippen molar-refractivity contribution in [2.75, 3.05) is 10.6 Å². The van der Waals surface area contributed by atoms with Crippen LogP contribution in [-0.4, -0.2) is 59.9 Å². The van der Waals surface area contributed by atoms with Gasteiger partial charge >= 0.3 is 11.9 Å². The van der Waals surface area contributed by atoms with Crippen molar-refractivity contribution in [2.24, 2.45) is 5.41 Å².